The summed E-state index contributed by atoms with van der Waals surface area (Å²) in [5.41, 5.74) is 2.86. The molecule has 21 heavy (non-hydrogen) atoms. The molecule has 2 aromatic heterocycles. The minimum atomic E-state index is 0.873. The zero-order valence-electron chi connectivity index (χ0n) is 10.8. The fourth-order valence-corrected chi connectivity index (χ4v) is 1.81. The van der Waals surface area contributed by atoms with Crippen molar-refractivity contribution >= 4 is 40.4 Å². The zero-order chi connectivity index (χ0) is 14.9. The van der Waals surface area contributed by atoms with Crippen LogP contribution >= 0.6 is 28.5 Å². The second-order valence-corrected chi connectivity index (χ2v) is 8.93. The first kappa shape index (κ1) is 16.3. The van der Waals surface area contributed by atoms with E-state index in [2.05, 4.69) is 38.4 Å². The average molecular weight is 453 g/mol. The van der Waals surface area contributed by atoms with Crippen molar-refractivity contribution in [3.8, 4) is 5.69 Å². The molecule has 0 aliphatic heterocycles. The third-order valence-corrected chi connectivity index (χ3v) is 2.68. The van der Waals surface area contributed by atoms with Gasteiger partial charge in [0.15, 0.2) is 0 Å². The molecule has 0 saturated heterocycles. The Morgan fingerprint density at radius 3 is 2.38 bits per heavy atom. The molecule has 0 unspecified atom stereocenters. The third kappa shape index (κ3) is 4.99. The van der Waals surface area contributed by atoms with Gasteiger partial charge in [0, 0.05) is 18.6 Å². The summed E-state index contributed by atoms with van der Waals surface area (Å²) in [6, 6.07) is 15.9. The Bertz CT molecular complexity index is 664. The van der Waals surface area contributed by atoms with Crippen LogP contribution in [-0.4, -0.2) is 10.8 Å². The molecule has 3 rings (SSSR count). The number of aromatic nitrogens is 2. The molecule has 3 aromatic rings. The van der Waals surface area contributed by atoms with Crippen LogP contribution in [-0.2, 0) is 10.9 Å². The monoisotopic (exact) mass is 450 g/mol. The first-order valence-corrected chi connectivity index (χ1v) is 10.9. The van der Waals surface area contributed by atoms with Gasteiger partial charge in [-0.3, -0.25) is 4.99 Å². The number of nitrogens with zero attached hydrogens (tertiary/aromatic N) is 3. The topological polar surface area (TPSA) is 31.4 Å². The van der Waals surface area contributed by atoms with E-state index >= 15 is 0 Å². The van der Waals surface area contributed by atoms with Crippen molar-refractivity contribution in [3.05, 3.63) is 72.8 Å². The fourth-order valence-electron chi connectivity index (χ4n) is 1.81. The van der Waals surface area contributed by atoms with Crippen molar-refractivity contribution in [1.29, 1.82) is 0 Å². The molecule has 0 aliphatic carbocycles. The summed E-state index contributed by atoms with van der Waals surface area (Å²) in [6.45, 7) is 0. The van der Waals surface area contributed by atoms with Crippen molar-refractivity contribution < 1.29 is 10.9 Å². The van der Waals surface area contributed by atoms with Crippen LogP contribution in [0.3, 0.4) is 0 Å². The summed E-state index contributed by atoms with van der Waals surface area (Å²) in [7, 11) is 1.25. The van der Waals surface area contributed by atoms with E-state index in [1.54, 1.807) is 12.4 Å². The summed E-state index contributed by atoms with van der Waals surface area (Å²) >= 11 is 6.00. The molecule has 1 aromatic carbocycles. The van der Waals surface area contributed by atoms with Crippen molar-refractivity contribution in [1.82, 2.24) is 9.55 Å². The van der Waals surface area contributed by atoms with Gasteiger partial charge in [0.25, 0.3) is 0 Å². The maximum absolute atomic E-state index is 4.50. The van der Waals surface area contributed by atoms with Crippen LogP contribution < -0.4 is 4.98 Å². The minimum absolute atomic E-state index is 0.873. The van der Waals surface area contributed by atoms with E-state index in [4.69, 9.17) is 0 Å². The quantitative estimate of drug-likeness (QED) is 0.412. The van der Waals surface area contributed by atoms with E-state index in [9.17, 15) is 0 Å². The summed E-state index contributed by atoms with van der Waals surface area (Å²) in [6.07, 6.45) is 7.56. The third-order valence-electron chi connectivity index (χ3n) is 2.68. The van der Waals surface area contributed by atoms with Gasteiger partial charge in [-0.1, -0.05) is 24.3 Å². The van der Waals surface area contributed by atoms with E-state index in [0.717, 1.165) is 17.1 Å². The van der Waals surface area contributed by atoms with Gasteiger partial charge in [0.2, 0.25) is 0 Å². The molecule has 0 bridgehead atoms. The SMILES string of the molecule is C(=Nc1ccccc1-n1cccc1)c1ccc[n-]1.[Br][Ni+][Br]. The summed E-state index contributed by atoms with van der Waals surface area (Å²) in [5, 5.41) is 0. The second kappa shape index (κ2) is 9.03. The van der Waals surface area contributed by atoms with Crippen LogP contribution in [0.1, 0.15) is 5.69 Å². The van der Waals surface area contributed by atoms with E-state index in [0.29, 0.717) is 0 Å². The molecule has 0 radical (unpaired) electrons. The van der Waals surface area contributed by atoms with Gasteiger partial charge in [-0.15, -0.1) is 5.69 Å². The number of aliphatic imine (C=N–C) groups is 1. The summed E-state index contributed by atoms with van der Waals surface area (Å²) in [4.78, 5) is 8.66. The zero-order valence-corrected chi connectivity index (χ0v) is 15.0. The Morgan fingerprint density at radius 2 is 1.71 bits per heavy atom. The Kier molecular flexibility index (Phi) is 7.00. The number of hydrogen-bond acceptors (Lipinski definition) is 1. The molecule has 0 aliphatic rings. The Labute approximate surface area is 143 Å². The van der Waals surface area contributed by atoms with Crippen molar-refractivity contribution in [2.75, 3.05) is 0 Å². The van der Waals surface area contributed by atoms with Crippen LogP contribution in [0.15, 0.2) is 72.1 Å². The standard InChI is InChI=1S/C15H12N3.2BrH.Ni/c1-2-8-15(18-10-3-4-11-18)14(7-1)17-12-13-6-5-9-16-13;;;/h1-12H;2*1H;/q-1;;;+3/p-2. The van der Waals surface area contributed by atoms with Crippen LogP contribution in [0, 0.1) is 0 Å². The number of hydrogen-bond donors (Lipinski definition) is 0. The molecule has 111 valence electrons. The Hall–Kier alpha value is -1.10. The van der Waals surface area contributed by atoms with Crippen molar-refractivity contribution in [3.63, 3.8) is 0 Å². The van der Waals surface area contributed by atoms with Crippen LogP contribution in [0.5, 0.6) is 0 Å². The predicted molar refractivity (Wildman–Crippen MR) is 90.6 cm³/mol. The normalized spacial score (nSPS) is 10.6. The van der Waals surface area contributed by atoms with Crippen LogP contribution in [0.25, 0.3) is 5.69 Å². The molecule has 6 heteroatoms. The van der Waals surface area contributed by atoms with Crippen molar-refractivity contribution in [2.24, 2.45) is 4.99 Å². The average Bonchev–Trinajstić information content (AvgIpc) is 3.20. The number of rotatable bonds is 3. The van der Waals surface area contributed by atoms with E-state index in [-0.39, 0.29) is 0 Å². The van der Waals surface area contributed by atoms with Crippen molar-refractivity contribution in [2.45, 2.75) is 0 Å². The van der Waals surface area contributed by atoms with E-state index < -0.39 is 0 Å². The maximum atomic E-state index is 4.50. The summed E-state index contributed by atoms with van der Waals surface area (Å²) in [5.74, 6) is 0. The molecule has 0 fully saturated rings. The molecular formula is C15H12Br2N3Ni. The van der Waals surface area contributed by atoms with Gasteiger partial charge in [0.05, 0.1) is 11.4 Å². The number of halogens is 2. The van der Waals surface area contributed by atoms with Crippen LogP contribution in [0.2, 0.25) is 0 Å². The molecule has 0 atom stereocenters. The molecule has 0 N–H and O–H groups in total. The number of para-hydroxylation sites is 2. The first-order chi connectivity index (χ1) is 10.3. The Balaban J connectivity index is 0.000000497. The Morgan fingerprint density at radius 1 is 1.00 bits per heavy atom. The number of benzene rings is 1. The second-order valence-electron chi connectivity index (χ2n) is 3.94. The predicted octanol–water partition coefficient (Wildman–Crippen LogP) is 4.87. The molecule has 0 spiro atoms. The molecular weight excluding hydrogens is 441 g/mol. The van der Waals surface area contributed by atoms with Gasteiger partial charge in [-0.25, -0.2) is 0 Å². The van der Waals surface area contributed by atoms with Gasteiger partial charge in [-0.2, -0.15) is 6.20 Å². The molecule has 2 heterocycles. The van der Waals surface area contributed by atoms with Gasteiger partial charge < -0.3 is 9.55 Å². The van der Waals surface area contributed by atoms with Gasteiger partial charge >= 0.3 is 39.3 Å². The molecule has 0 saturated carbocycles. The van der Waals surface area contributed by atoms with Crippen LogP contribution in [0.4, 0.5) is 5.69 Å². The molecule has 0 amide bonds. The summed E-state index contributed by atoms with van der Waals surface area (Å²) < 4.78 is 2.05. The van der Waals surface area contributed by atoms with Gasteiger partial charge in [-0.05, 0) is 24.3 Å². The van der Waals surface area contributed by atoms with Gasteiger partial charge in [0.1, 0.15) is 0 Å². The fraction of sp³-hybridized carbons (Fsp3) is 0. The first-order valence-electron chi connectivity index (χ1n) is 6.01. The van der Waals surface area contributed by atoms with E-state index in [1.807, 2.05) is 65.5 Å². The molecule has 3 nitrogen and oxygen atoms in total. The van der Waals surface area contributed by atoms with E-state index in [1.165, 1.54) is 10.9 Å².